The molecule has 0 atom stereocenters. The third-order valence-corrected chi connectivity index (χ3v) is 7.80. The van der Waals surface area contributed by atoms with E-state index in [1.54, 1.807) is 18.2 Å². The molecule has 0 aliphatic carbocycles. The summed E-state index contributed by atoms with van der Waals surface area (Å²) < 4.78 is 43.7. The van der Waals surface area contributed by atoms with Gasteiger partial charge >= 0.3 is 0 Å². The Balaban J connectivity index is 1.40. The Hall–Kier alpha value is -3.27. The van der Waals surface area contributed by atoms with E-state index in [1.165, 1.54) is 36.7 Å². The highest BCUT2D eigenvalue weighted by Crippen LogP contribution is 2.32. The predicted octanol–water partition coefficient (Wildman–Crippen LogP) is 4.12. The molecule has 1 heterocycles. The van der Waals surface area contributed by atoms with E-state index in [0.29, 0.717) is 36.7 Å². The van der Waals surface area contributed by atoms with Crippen LogP contribution >= 0.6 is 11.6 Å². The van der Waals surface area contributed by atoms with Gasteiger partial charge in [-0.05, 0) is 47.9 Å². The SMILES string of the molecule is COc1ccc(NC(=O)COc2ccc(S(=O)(=O)N3CCc4ccccc4C3)cc2Cl)cc1OC. The quantitative estimate of drug-likeness (QED) is 0.484. The maximum atomic E-state index is 13.2. The second-order valence-corrected chi connectivity index (χ2v) is 10.2. The largest absolute Gasteiger partial charge is 0.493 e. The lowest BCUT2D eigenvalue weighted by molar-refractivity contribution is -0.118. The third kappa shape index (κ3) is 5.53. The standard InChI is InChI=1S/C25H25ClN2O6S/c1-32-23-9-7-19(13-24(23)33-2)27-25(29)16-34-22-10-8-20(14-21(22)26)35(30,31)28-12-11-17-5-3-4-6-18(17)15-28/h3-10,13-14H,11-12,15-16H2,1-2H3,(H,27,29). The Kier molecular flexibility index (Phi) is 7.49. The van der Waals surface area contributed by atoms with E-state index in [2.05, 4.69) is 5.32 Å². The van der Waals surface area contributed by atoms with Crippen molar-refractivity contribution in [3.05, 3.63) is 76.8 Å². The van der Waals surface area contributed by atoms with E-state index in [4.69, 9.17) is 25.8 Å². The van der Waals surface area contributed by atoms with Gasteiger partial charge in [0.05, 0.1) is 24.1 Å². The zero-order chi connectivity index (χ0) is 25.0. The van der Waals surface area contributed by atoms with Crippen molar-refractivity contribution in [2.45, 2.75) is 17.9 Å². The number of carbonyl (C=O) groups is 1. The lowest BCUT2D eigenvalue weighted by Crippen LogP contribution is -2.35. The fourth-order valence-corrected chi connectivity index (χ4v) is 5.58. The minimum Gasteiger partial charge on any atom is -0.493 e. The molecule has 4 rings (SSSR count). The normalized spacial score (nSPS) is 13.6. The Morgan fingerprint density at radius 1 is 0.971 bits per heavy atom. The molecule has 0 bridgehead atoms. The minimum absolute atomic E-state index is 0.0732. The number of carbonyl (C=O) groups excluding carboxylic acids is 1. The number of sulfonamides is 1. The number of anilines is 1. The van der Waals surface area contributed by atoms with Gasteiger partial charge in [0.25, 0.3) is 5.91 Å². The third-order valence-electron chi connectivity index (χ3n) is 5.66. The minimum atomic E-state index is -3.74. The van der Waals surface area contributed by atoms with Crippen LogP contribution in [0.4, 0.5) is 5.69 Å². The molecule has 35 heavy (non-hydrogen) atoms. The fourth-order valence-electron chi connectivity index (χ4n) is 3.84. The summed E-state index contributed by atoms with van der Waals surface area (Å²) >= 11 is 6.30. The maximum Gasteiger partial charge on any atom is 0.262 e. The van der Waals surface area contributed by atoms with Crippen LogP contribution in [0.5, 0.6) is 17.2 Å². The Morgan fingerprint density at radius 3 is 2.40 bits per heavy atom. The van der Waals surface area contributed by atoms with Crippen molar-refractivity contribution in [1.82, 2.24) is 4.31 Å². The number of hydrogen-bond acceptors (Lipinski definition) is 6. The van der Waals surface area contributed by atoms with Gasteiger partial charge in [-0.2, -0.15) is 4.31 Å². The van der Waals surface area contributed by atoms with E-state index in [1.807, 2.05) is 24.3 Å². The molecular formula is C25H25ClN2O6S. The van der Waals surface area contributed by atoms with Crippen LogP contribution < -0.4 is 19.5 Å². The van der Waals surface area contributed by atoms with E-state index >= 15 is 0 Å². The highest BCUT2D eigenvalue weighted by Gasteiger charge is 2.28. The van der Waals surface area contributed by atoms with Crippen molar-refractivity contribution in [3.63, 3.8) is 0 Å². The highest BCUT2D eigenvalue weighted by atomic mass is 35.5. The first kappa shape index (κ1) is 24.8. The molecular weight excluding hydrogens is 492 g/mol. The maximum absolute atomic E-state index is 13.2. The van der Waals surface area contributed by atoms with Crippen LogP contribution in [-0.2, 0) is 27.8 Å². The van der Waals surface area contributed by atoms with Gasteiger partial charge in [0.1, 0.15) is 5.75 Å². The van der Waals surface area contributed by atoms with E-state index in [9.17, 15) is 13.2 Å². The molecule has 0 aromatic heterocycles. The number of nitrogens with one attached hydrogen (secondary N) is 1. The van der Waals surface area contributed by atoms with E-state index in [0.717, 1.165) is 11.1 Å². The predicted molar refractivity (Wildman–Crippen MR) is 133 cm³/mol. The van der Waals surface area contributed by atoms with Crippen LogP contribution in [-0.4, -0.2) is 46.0 Å². The van der Waals surface area contributed by atoms with Gasteiger partial charge < -0.3 is 19.5 Å². The number of methoxy groups -OCH3 is 2. The lowest BCUT2D eigenvalue weighted by atomic mass is 10.0. The molecule has 3 aromatic carbocycles. The summed E-state index contributed by atoms with van der Waals surface area (Å²) in [5.41, 5.74) is 2.66. The average Bonchev–Trinajstić information content (AvgIpc) is 2.87. The summed E-state index contributed by atoms with van der Waals surface area (Å²) in [5.74, 6) is 0.801. The van der Waals surface area contributed by atoms with Crippen LogP contribution in [0.1, 0.15) is 11.1 Å². The summed E-state index contributed by atoms with van der Waals surface area (Å²) in [5, 5.41) is 2.80. The fraction of sp³-hybridized carbons (Fsp3) is 0.240. The number of hydrogen-bond donors (Lipinski definition) is 1. The van der Waals surface area contributed by atoms with Gasteiger partial charge in [-0.3, -0.25) is 4.79 Å². The van der Waals surface area contributed by atoms with Crippen LogP contribution in [0.3, 0.4) is 0 Å². The van der Waals surface area contributed by atoms with Gasteiger partial charge in [-0.1, -0.05) is 35.9 Å². The van der Waals surface area contributed by atoms with Gasteiger partial charge in [0, 0.05) is 24.8 Å². The molecule has 0 fully saturated rings. The molecule has 0 spiro atoms. The van der Waals surface area contributed by atoms with Gasteiger partial charge in [0.2, 0.25) is 10.0 Å². The Morgan fingerprint density at radius 2 is 1.69 bits per heavy atom. The zero-order valence-electron chi connectivity index (χ0n) is 19.3. The second kappa shape index (κ2) is 10.6. The summed E-state index contributed by atoms with van der Waals surface area (Å²) in [6.45, 7) is 0.388. The first-order chi connectivity index (χ1) is 16.8. The Labute approximate surface area is 209 Å². The van der Waals surface area contributed by atoms with Crippen molar-refractivity contribution < 1.29 is 27.4 Å². The van der Waals surface area contributed by atoms with Gasteiger partial charge in [0.15, 0.2) is 18.1 Å². The summed E-state index contributed by atoms with van der Waals surface area (Å²) in [6.07, 6.45) is 0.652. The number of rotatable bonds is 8. The molecule has 0 unspecified atom stereocenters. The van der Waals surface area contributed by atoms with Gasteiger partial charge in [-0.25, -0.2) is 8.42 Å². The van der Waals surface area contributed by atoms with Crippen LogP contribution in [0.25, 0.3) is 0 Å². The molecule has 1 N–H and O–H groups in total. The topological polar surface area (TPSA) is 94.2 Å². The van der Waals surface area contributed by atoms with Crippen molar-refractivity contribution in [2.75, 3.05) is 32.7 Å². The first-order valence-electron chi connectivity index (χ1n) is 10.8. The van der Waals surface area contributed by atoms with Crippen molar-refractivity contribution in [2.24, 2.45) is 0 Å². The molecule has 1 aliphatic heterocycles. The average molecular weight is 517 g/mol. The number of fused-ring (bicyclic) bond motifs is 1. The molecule has 8 nitrogen and oxygen atoms in total. The van der Waals surface area contributed by atoms with Crippen molar-refractivity contribution >= 4 is 33.2 Å². The molecule has 184 valence electrons. The number of halogens is 1. The number of amides is 1. The van der Waals surface area contributed by atoms with E-state index < -0.39 is 15.9 Å². The van der Waals surface area contributed by atoms with Gasteiger partial charge in [-0.15, -0.1) is 0 Å². The smallest absolute Gasteiger partial charge is 0.262 e. The molecule has 0 radical (unpaired) electrons. The van der Waals surface area contributed by atoms with Crippen LogP contribution in [0, 0.1) is 0 Å². The summed E-state index contributed by atoms with van der Waals surface area (Å²) in [6, 6.07) is 17.0. The second-order valence-electron chi connectivity index (χ2n) is 7.86. The lowest BCUT2D eigenvalue weighted by Gasteiger charge is -2.28. The van der Waals surface area contributed by atoms with Crippen molar-refractivity contribution in [1.29, 1.82) is 0 Å². The Bertz CT molecular complexity index is 1350. The highest BCUT2D eigenvalue weighted by molar-refractivity contribution is 7.89. The summed E-state index contributed by atoms with van der Waals surface area (Å²) in [7, 11) is -0.710. The summed E-state index contributed by atoms with van der Waals surface area (Å²) in [4.78, 5) is 12.4. The van der Waals surface area contributed by atoms with Crippen molar-refractivity contribution in [3.8, 4) is 17.2 Å². The number of benzene rings is 3. The van der Waals surface area contributed by atoms with Crippen LogP contribution in [0.2, 0.25) is 5.02 Å². The molecule has 3 aromatic rings. The molecule has 1 amide bonds. The van der Waals surface area contributed by atoms with Crippen LogP contribution in [0.15, 0.2) is 65.6 Å². The monoisotopic (exact) mass is 516 g/mol. The first-order valence-corrected chi connectivity index (χ1v) is 12.6. The molecule has 0 saturated carbocycles. The number of nitrogens with zero attached hydrogens (tertiary/aromatic N) is 1. The molecule has 0 saturated heterocycles. The zero-order valence-corrected chi connectivity index (χ0v) is 20.9. The van der Waals surface area contributed by atoms with E-state index in [-0.39, 0.29) is 22.3 Å². The number of ether oxygens (including phenoxy) is 3. The molecule has 10 heteroatoms. The molecule has 1 aliphatic rings.